The molecule has 5 nitrogen and oxygen atoms in total. The summed E-state index contributed by atoms with van der Waals surface area (Å²) >= 11 is 0. The van der Waals surface area contributed by atoms with E-state index in [-0.39, 0.29) is 5.52 Å². The molecule has 1 amide bonds. The fourth-order valence-electron chi connectivity index (χ4n) is 1.88. The van der Waals surface area contributed by atoms with Crippen LogP contribution in [0.4, 0.5) is 8.78 Å². The number of nitrogens with one attached hydrogen (secondary N) is 1. The monoisotopic (exact) mass is 254 g/mol. The SMILES string of the molecule is CCC(C(=O)NN)n1cnc2cc(F)c(F)cc21. The molecular formula is C11H12F2N4O. The third kappa shape index (κ3) is 1.92. The fraction of sp³-hybridized carbons (Fsp3) is 0.273. The van der Waals surface area contributed by atoms with Crippen molar-refractivity contribution in [1.82, 2.24) is 15.0 Å². The van der Waals surface area contributed by atoms with Gasteiger partial charge in [0, 0.05) is 12.1 Å². The molecule has 0 saturated heterocycles. The minimum absolute atomic E-state index is 0.289. The van der Waals surface area contributed by atoms with Crippen molar-refractivity contribution < 1.29 is 13.6 Å². The van der Waals surface area contributed by atoms with Gasteiger partial charge in [-0.1, -0.05) is 6.92 Å². The highest BCUT2D eigenvalue weighted by Crippen LogP contribution is 2.22. The molecule has 96 valence electrons. The van der Waals surface area contributed by atoms with Crippen molar-refractivity contribution in [3.05, 3.63) is 30.1 Å². The third-order valence-corrected chi connectivity index (χ3v) is 2.78. The van der Waals surface area contributed by atoms with Crippen molar-refractivity contribution in [2.45, 2.75) is 19.4 Å². The predicted molar refractivity (Wildman–Crippen MR) is 61.3 cm³/mol. The number of hydrogen-bond acceptors (Lipinski definition) is 3. The summed E-state index contributed by atoms with van der Waals surface area (Å²) in [6.07, 6.45) is 1.82. The molecule has 0 aliphatic heterocycles. The number of hydrogen-bond donors (Lipinski definition) is 2. The lowest BCUT2D eigenvalue weighted by Crippen LogP contribution is -2.36. The Hall–Kier alpha value is -2.02. The Kier molecular flexibility index (Phi) is 3.24. The Morgan fingerprint density at radius 2 is 2.17 bits per heavy atom. The van der Waals surface area contributed by atoms with Crippen molar-refractivity contribution >= 4 is 16.9 Å². The van der Waals surface area contributed by atoms with Gasteiger partial charge in [0.2, 0.25) is 0 Å². The zero-order valence-corrected chi connectivity index (χ0v) is 9.65. The standard InChI is InChI=1S/C11H12F2N4O/c1-2-9(11(18)16-14)17-5-15-8-3-6(12)7(13)4-10(8)17/h3-5,9H,2,14H2,1H3,(H,16,18). The van der Waals surface area contributed by atoms with Gasteiger partial charge in [-0.25, -0.2) is 19.6 Å². The first-order valence-corrected chi connectivity index (χ1v) is 5.40. The molecule has 3 N–H and O–H groups in total. The number of nitrogens with two attached hydrogens (primary N) is 1. The zero-order chi connectivity index (χ0) is 13.3. The van der Waals surface area contributed by atoms with Gasteiger partial charge in [-0.3, -0.25) is 10.2 Å². The van der Waals surface area contributed by atoms with Crippen LogP contribution in [-0.4, -0.2) is 15.5 Å². The van der Waals surface area contributed by atoms with Crippen LogP contribution in [0.2, 0.25) is 0 Å². The number of carbonyl (C=O) groups excluding carboxylic acids is 1. The number of benzene rings is 1. The largest absolute Gasteiger partial charge is 0.318 e. The first kappa shape index (κ1) is 12.4. The molecule has 1 atom stereocenters. The first-order valence-electron chi connectivity index (χ1n) is 5.40. The van der Waals surface area contributed by atoms with E-state index in [1.54, 1.807) is 6.92 Å². The molecule has 0 radical (unpaired) electrons. The third-order valence-electron chi connectivity index (χ3n) is 2.78. The van der Waals surface area contributed by atoms with E-state index >= 15 is 0 Å². The molecule has 18 heavy (non-hydrogen) atoms. The number of aromatic nitrogens is 2. The molecule has 0 aliphatic rings. The van der Waals surface area contributed by atoms with Crippen LogP contribution in [0.1, 0.15) is 19.4 Å². The number of rotatable bonds is 3. The minimum atomic E-state index is -0.979. The van der Waals surface area contributed by atoms with E-state index in [9.17, 15) is 13.6 Å². The molecule has 2 aromatic rings. The smallest absolute Gasteiger partial charge is 0.256 e. The molecule has 7 heteroatoms. The second-order valence-electron chi connectivity index (χ2n) is 3.84. The molecule has 2 rings (SSSR count). The summed E-state index contributed by atoms with van der Waals surface area (Å²) in [5, 5.41) is 0. The van der Waals surface area contributed by atoms with Gasteiger partial charge >= 0.3 is 0 Å². The summed E-state index contributed by atoms with van der Waals surface area (Å²) in [6.45, 7) is 1.78. The van der Waals surface area contributed by atoms with Crippen molar-refractivity contribution in [3.63, 3.8) is 0 Å². The summed E-state index contributed by atoms with van der Waals surface area (Å²) in [4.78, 5) is 15.5. The lowest BCUT2D eigenvalue weighted by molar-refractivity contribution is -0.124. The molecule has 1 unspecified atom stereocenters. The van der Waals surface area contributed by atoms with Crippen molar-refractivity contribution in [1.29, 1.82) is 0 Å². The first-order chi connectivity index (χ1) is 8.58. The van der Waals surface area contributed by atoms with E-state index in [2.05, 4.69) is 4.98 Å². The summed E-state index contributed by atoms with van der Waals surface area (Å²) < 4.78 is 27.7. The maximum atomic E-state index is 13.2. The van der Waals surface area contributed by atoms with Crippen LogP contribution in [0, 0.1) is 11.6 Å². The zero-order valence-electron chi connectivity index (χ0n) is 9.65. The summed E-state index contributed by atoms with van der Waals surface area (Å²) in [6, 6.07) is 1.41. The Bertz CT molecular complexity index is 596. The maximum Gasteiger partial charge on any atom is 0.256 e. The lowest BCUT2D eigenvalue weighted by atomic mass is 10.2. The van der Waals surface area contributed by atoms with E-state index in [1.807, 2.05) is 5.43 Å². The lowest BCUT2D eigenvalue weighted by Gasteiger charge is -2.15. The molecule has 0 saturated carbocycles. The highest BCUT2D eigenvalue weighted by atomic mass is 19.2. The summed E-state index contributed by atoms with van der Waals surface area (Å²) in [7, 11) is 0. The molecule has 0 aliphatic carbocycles. The van der Waals surface area contributed by atoms with Crippen LogP contribution in [0.3, 0.4) is 0 Å². The molecular weight excluding hydrogens is 242 g/mol. The van der Waals surface area contributed by atoms with Gasteiger partial charge < -0.3 is 4.57 Å². The predicted octanol–water partition coefficient (Wildman–Crippen LogP) is 1.26. The number of amides is 1. The van der Waals surface area contributed by atoms with Gasteiger partial charge in [-0.15, -0.1) is 0 Å². The van der Waals surface area contributed by atoms with Crippen LogP contribution in [0.5, 0.6) is 0 Å². The second-order valence-corrected chi connectivity index (χ2v) is 3.84. The molecule has 0 spiro atoms. The average molecular weight is 254 g/mol. The van der Waals surface area contributed by atoms with Crippen LogP contribution >= 0.6 is 0 Å². The van der Waals surface area contributed by atoms with Crippen molar-refractivity contribution in [2.75, 3.05) is 0 Å². The van der Waals surface area contributed by atoms with E-state index in [4.69, 9.17) is 5.84 Å². The summed E-state index contributed by atoms with van der Waals surface area (Å²) in [5.41, 5.74) is 2.68. The van der Waals surface area contributed by atoms with Crippen LogP contribution < -0.4 is 11.3 Å². The number of hydrazine groups is 1. The van der Waals surface area contributed by atoms with E-state index < -0.39 is 23.6 Å². The van der Waals surface area contributed by atoms with E-state index in [0.717, 1.165) is 12.1 Å². The van der Waals surface area contributed by atoms with Crippen LogP contribution in [0.25, 0.3) is 11.0 Å². The van der Waals surface area contributed by atoms with Gasteiger partial charge in [0.1, 0.15) is 6.04 Å². The maximum absolute atomic E-state index is 13.2. The normalized spacial score (nSPS) is 12.7. The second kappa shape index (κ2) is 4.69. The molecule has 1 aromatic heterocycles. The highest BCUT2D eigenvalue weighted by Gasteiger charge is 2.20. The number of fused-ring (bicyclic) bond motifs is 1. The van der Waals surface area contributed by atoms with Crippen molar-refractivity contribution in [2.24, 2.45) is 5.84 Å². The van der Waals surface area contributed by atoms with Crippen molar-refractivity contribution in [3.8, 4) is 0 Å². The van der Waals surface area contributed by atoms with Gasteiger partial charge in [-0.05, 0) is 6.42 Å². The van der Waals surface area contributed by atoms with Gasteiger partial charge in [0.15, 0.2) is 11.6 Å². The number of carbonyl (C=O) groups is 1. The Morgan fingerprint density at radius 1 is 1.50 bits per heavy atom. The van der Waals surface area contributed by atoms with E-state index in [1.165, 1.54) is 10.9 Å². The quantitative estimate of drug-likeness (QED) is 0.492. The molecule has 1 heterocycles. The fourth-order valence-corrected chi connectivity index (χ4v) is 1.88. The van der Waals surface area contributed by atoms with Crippen LogP contribution in [0.15, 0.2) is 18.5 Å². The molecule has 0 bridgehead atoms. The average Bonchev–Trinajstić information content (AvgIpc) is 2.74. The topological polar surface area (TPSA) is 72.9 Å². The number of nitrogens with zero attached hydrogens (tertiary/aromatic N) is 2. The van der Waals surface area contributed by atoms with Crippen LogP contribution in [-0.2, 0) is 4.79 Å². The molecule has 1 aromatic carbocycles. The number of halogens is 2. The Morgan fingerprint density at radius 3 is 2.78 bits per heavy atom. The Labute approximate surface area is 102 Å². The van der Waals surface area contributed by atoms with Gasteiger partial charge in [0.05, 0.1) is 17.4 Å². The number of imidazole rings is 1. The van der Waals surface area contributed by atoms with Gasteiger partial charge in [0.25, 0.3) is 5.91 Å². The summed E-state index contributed by atoms with van der Waals surface area (Å²) in [5.74, 6) is 2.72. The van der Waals surface area contributed by atoms with E-state index in [0.29, 0.717) is 11.9 Å². The minimum Gasteiger partial charge on any atom is -0.318 e. The Balaban J connectivity index is 2.57. The van der Waals surface area contributed by atoms with Gasteiger partial charge in [-0.2, -0.15) is 0 Å². The highest BCUT2D eigenvalue weighted by molar-refractivity contribution is 5.83. The molecule has 0 fully saturated rings.